The molecule has 0 spiro atoms. The lowest BCUT2D eigenvalue weighted by Gasteiger charge is -2.39. The second-order valence-corrected chi connectivity index (χ2v) is 12.1. The van der Waals surface area contributed by atoms with E-state index in [1.54, 1.807) is 6.07 Å². The van der Waals surface area contributed by atoms with Gasteiger partial charge in [-0.3, -0.25) is 0 Å². The molecule has 4 heteroatoms. The van der Waals surface area contributed by atoms with E-state index >= 15 is 0 Å². The van der Waals surface area contributed by atoms with Crippen LogP contribution in [0.25, 0.3) is 0 Å². The molecule has 0 radical (unpaired) electrons. The van der Waals surface area contributed by atoms with Crippen LogP contribution in [-0.2, 0) is 4.43 Å². The van der Waals surface area contributed by atoms with E-state index < -0.39 is 14.8 Å². The third kappa shape index (κ3) is 3.38. The Bertz CT molecular complexity index is 558. The molecule has 1 aliphatic heterocycles. The van der Waals surface area contributed by atoms with Gasteiger partial charge in [-0.2, -0.15) is 0 Å². The topological polar surface area (TPSA) is 21.3 Å². The minimum Gasteiger partial charge on any atom is -0.410 e. The fourth-order valence-electron chi connectivity index (χ4n) is 2.09. The van der Waals surface area contributed by atoms with Crippen molar-refractivity contribution in [3.63, 3.8) is 0 Å². The van der Waals surface area contributed by atoms with Crippen molar-refractivity contribution >= 4 is 25.6 Å². The SMILES string of the molecule is [2H]C1([2H])CCC(O[Si](C)(C)C(C)(C)C)c2cc(Cl)ccc2N1. The van der Waals surface area contributed by atoms with Crippen molar-refractivity contribution in [1.82, 2.24) is 0 Å². The molecule has 1 aromatic carbocycles. The number of hydrogen-bond acceptors (Lipinski definition) is 2. The average molecular weight is 314 g/mol. The van der Waals surface area contributed by atoms with Crippen LogP contribution in [0.5, 0.6) is 0 Å². The lowest BCUT2D eigenvalue weighted by molar-refractivity contribution is 0.174. The molecule has 2 nitrogen and oxygen atoms in total. The fourth-order valence-corrected chi connectivity index (χ4v) is 3.58. The highest BCUT2D eigenvalue weighted by molar-refractivity contribution is 6.74. The van der Waals surface area contributed by atoms with E-state index in [-0.39, 0.29) is 11.1 Å². The first-order valence-electron chi connectivity index (χ1n) is 8.17. The summed E-state index contributed by atoms with van der Waals surface area (Å²) in [6, 6.07) is 5.55. The van der Waals surface area contributed by atoms with Crippen LogP contribution in [0.1, 0.15) is 48.0 Å². The van der Waals surface area contributed by atoms with Gasteiger partial charge in [0.05, 0.1) is 6.10 Å². The van der Waals surface area contributed by atoms with E-state index in [1.165, 1.54) is 0 Å². The average Bonchev–Trinajstić information content (AvgIpc) is 2.46. The monoisotopic (exact) mass is 313 g/mol. The van der Waals surface area contributed by atoms with Crippen molar-refractivity contribution in [2.75, 3.05) is 11.8 Å². The van der Waals surface area contributed by atoms with E-state index in [0.29, 0.717) is 17.9 Å². The summed E-state index contributed by atoms with van der Waals surface area (Å²) in [5.74, 6) is 0. The summed E-state index contributed by atoms with van der Waals surface area (Å²) in [7, 11) is -1.94. The molecule has 1 unspecified atom stereocenters. The smallest absolute Gasteiger partial charge is 0.192 e. The molecule has 0 bridgehead atoms. The molecule has 0 saturated carbocycles. The van der Waals surface area contributed by atoms with Gasteiger partial charge in [-0.05, 0) is 49.2 Å². The van der Waals surface area contributed by atoms with Crippen molar-refractivity contribution in [1.29, 1.82) is 0 Å². The maximum atomic E-state index is 8.07. The van der Waals surface area contributed by atoms with Crippen molar-refractivity contribution < 1.29 is 7.17 Å². The molecule has 112 valence electrons. The zero-order chi connectivity index (χ0) is 16.8. The number of nitrogens with one attached hydrogen (secondary N) is 1. The van der Waals surface area contributed by atoms with Crippen LogP contribution in [-0.4, -0.2) is 14.8 Å². The van der Waals surface area contributed by atoms with Gasteiger partial charge in [0.1, 0.15) is 0 Å². The molecular weight excluding hydrogens is 286 g/mol. The highest BCUT2D eigenvalue weighted by Crippen LogP contribution is 2.43. The van der Waals surface area contributed by atoms with Gasteiger partial charge in [0, 0.05) is 25.5 Å². The molecule has 1 aromatic rings. The number of benzene rings is 1. The lowest BCUT2D eigenvalue weighted by Crippen LogP contribution is -2.41. The van der Waals surface area contributed by atoms with Crippen LogP contribution >= 0.6 is 11.6 Å². The molecule has 0 amide bonds. The summed E-state index contributed by atoms with van der Waals surface area (Å²) in [6.07, 6.45) is 0.956. The lowest BCUT2D eigenvalue weighted by atomic mass is 10.1. The summed E-state index contributed by atoms with van der Waals surface area (Å²) in [5, 5.41) is 3.77. The van der Waals surface area contributed by atoms with Crippen molar-refractivity contribution in [2.45, 2.75) is 57.8 Å². The second-order valence-electron chi connectivity index (χ2n) is 6.94. The molecule has 2 rings (SSSR count). The van der Waals surface area contributed by atoms with Crippen molar-refractivity contribution in [3.8, 4) is 0 Å². The van der Waals surface area contributed by atoms with E-state index in [9.17, 15) is 0 Å². The predicted octanol–water partition coefficient (Wildman–Crippen LogP) is 5.61. The maximum Gasteiger partial charge on any atom is 0.192 e. The molecule has 1 heterocycles. The second kappa shape index (κ2) is 5.70. The third-order valence-electron chi connectivity index (χ3n) is 4.36. The Morgan fingerprint density at radius 2 is 2.10 bits per heavy atom. The fraction of sp³-hybridized carbons (Fsp3) is 0.625. The summed E-state index contributed by atoms with van der Waals surface area (Å²) < 4.78 is 22.7. The van der Waals surface area contributed by atoms with Gasteiger partial charge in [0.2, 0.25) is 0 Å². The zero-order valence-electron chi connectivity index (χ0n) is 15.0. The van der Waals surface area contributed by atoms with E-state index in [4.69, 9.17) is 18.8 Å². The van der Waals surface area contributed by atoms with Crippen LogP contribution in [0, 0.1) is 0 Å². The van der Waals surface area contributed by atoms with Gasteiger partial charge >= 0.3 is 0 Å². The normalized spacial score (nSPS) is 24.0. The Hall–Kier alpha value is -0.513. The first kappa shape index (κ1) is 13.2. The Morgan fingerprint density at radius 3 is 2.75 bits per heavy atom. The van der Waals surface area contributed by atoms with E-state index in [2.05, 4.69) is 39.2 Å². The quantitative estimate of drug-likeness (QED) is 0.717. The van der Waals surface area contributed by atoms with Gasteiger partial charge in [-0.15, -0.1) is 0 Å². The van der Waals surface area contributed by atoms with Gasteiger partial charge in [0.15, 0.2) is 8.32 Å². The summed E-state index contributed by atoms with van der Waals surface area (Å²) >= 11 is 6.16. The highest BCUT2D eigenvalue weighted by Gasteiger charge is 2.40. The van der Waals surface area contributed by atoms with Crippen LogP contribution < -0.4 is 5.32 Å². The van der Waals surface area contributed by atoms with Crippen LogP contribution in [0.2, 0.25) is 23.2 Å². The Kier molecular flexibility index (Phi) is 3.76. The van der Waals surface area contributed by atoms with Gasteiger partial charge in [-0.25, -0.2) is 0 Å². The van der Waals surface area contributed by atoms with Crippen molar-refractivity contribution in [3.05, 3.63) is 28.8 Å². The first-order valence-corrected chi connectivity index (χ1v) is 10.5. The number of fused-ring (bicyclic) bond motifs is 1. The molecule has 0 aromatic heterocycles. The van der Waals surface area contributed by atoms with Crippen LogP contribution in [0.15, 0.2) is 18.2 Å². The molecule has 1 aliphatic rings. The maximum absolute atomic E-state index is 8.07. The number of anilines is 1. The molecule has 0 aliphatic carbocycles. The van der Waals surface area contributed by atoms with Gasteiger partial charge in [0.25, 0.3) is 0 Å². The molecule has 0 saturated heterocycles. The van der Waals surface area contributed by atoms with Crippen LogP contribution in [0.3, 0.4) is 0 Å². The highest BCUT2D eigenvalue weighted by atomic mass is 35.5. The summed E-state index contributed by atoms with van der Waals surface area (Å²) in [5.41, 5.74) is 1.76. The molecule has 20 heavy (non-hydrogen) atoms. The number of rotatable bonds is 2. The van der Waals surface area contributed by atoms with Crippen LogP contribution in [0.4, 0.5) is 5.69 Å². The first-order chi connectivity index (χ1) is 9.91. The van der Waals surface area contributed by atoms with Crippen molar-refractivity contribution in [2.24, 2.45) is 0 Å². The Morgan fingerprint density at radius 1 is 1.40 bits per heavy atom. The summed E-state index contributed by atoms with van der Waals surface area (Å²) in [6.45, 7) is 9.67. The van der Waals surface area contributed by atoms with Gasteiger partial charge < -0.3 is 9.74 Å². The summed E-state index contributed by atoms with van der Waals surface area (Å²) in [4.78, 5) is 0. The molecule has 1 atom stereocenters. The standard InChI is InChI=1S/C16H26ClNOSi/c1-16(2,3)20(4,5)19-15-7-6-10-18-14-9-8-12(17)11-13(14)15/h8-9,11,15,18H,6-7,10H2,1-5H3/i10D2. The predicted molar refractivity (Wildman–Crippen MR) is 90.2 cm³/mol. The van der Waals surface area contributed by atoms with E-state index in [0.717, 1.165) is 11.3 Å². The molecular formula is C16H26ClNOSi. The minimum absolute atomic E-state index is 0.111. The third-order valence-corrected chi connectivity index (χ3v) is 9.08. The zero-order valence-corrected chi connectivity index (χ0v) is 14.8. The molecule has 0 fully saturated rings. The largest absolute Gasteiger partial charge is 0.410 e. The number of hydrogen-bond donors (Lipinski definition) is 1. The number of halogens is 1. The Labute approximate surface area is 131 Å². The van der Waals surface area contributed by atoms with E-state index in [1.807, 2.05) is 12.1 Å². The van der Waals surface area contributed by atoms with Gasteiger partial charge in [-0.1, -0.05) is 32.4 Å². The minimum atomic E-state index is -1.94. The Balaban J connectivity index is 2.39. The molecule has 1 N–H and O–H groups in total.